The van der Waals surface area contributed by atoms with E-state index >= 15 is 0 Å². The Morgan fingerprint density at radius 1 is 1.14 bits per heavy atom. The van der Waals surface area contributed by atoms with Gasteiger partial charge in [0.2, 0.25) is 0 Å². The van der Waals surface area contributed by atoms with Crippen molar-refractivity contribution in [3.05, 3.63) is 35.9 Å². The smallest absolute Gasteiger partial charge is 0.305 e. The maximum absolute atomic E-state index is 11.7. The van der Waals surface area contributed by atoms with Crippen LogP contribution in [0.5, 0.6) is 0 Å². The number of rotatable bonds is 3. The van der Waals surface area contributed by atoms with Crippen molar-refractivity contribution in [2.24, 2.45) is 23.7 Å². The van der Waals surface area contributed by atoms with Crippen molar-refractivity contribution in [2.75, 3.05) is 7.11 Å². The van der Waals surface area contributed by atoms with Crippen molar-refractivity contribution in [3.63, 3.8) is 0 Å². The highest BCUT2D eigenvalue weighted by atomic mass is 16.5. The molecular formula is C19H24O2. The van der Waals surface area contributed by atoms with Gasteiger partial charge in [-0.3, -0.25) is 4.79 Å². The lowest BCUT2D eigenvalue weighted by Gasteiger charge is -2.60. The Hall–Kier alpha value is -1.31. The molecule has 1 aromatic rings. The summed E-state index contributed by atoms with van der Waals surface area (Å²) in [6.07, 6.45) is 7.26. The minimum atomic E-state index is -0.0127. The number of hydrogen-bond acceptors (Lipinski definition) is 2. The highest BCUT2D eigenvalue weighted by Gasteiger charge is 2.55. The molecule has 2 unspecified atom stereocenters. The SMILES string of the molecule is COC(=O)CC1C2CC3CC1CC(c1ccccc1)(C3)C2. The second kappa shape index (κ2) is 4.86. The summed E-state index contributed by atoms with van der Waals surface area (Å²) in [5.74, 6) is 2.91. The fourth-order valence-electron chi connectivity index (χ4n) is 5.88. The van der Waals surface area contributed by atoms with E-state index in [1.54, 1.807) is 5.56 Å². The molecule has 4 fully saturated rings. The van der Waals surface area contributed by atoms with Crippen LogP contribution in [0.15, 0.2) is 30.3 Å². The molecule has 2 nitrogen and oxygen atoms in total. The molecule has 0 aromatic heterocycles. The van der Waals surface area contributed by atoms with Gasteiger partial charge in [-0.15, -0.1) is 0 Å². The average Bonchev–Trinajstić information content (AvgIpc) is 2.51. The number of esters is 1. The fraction of sp³-hybridized carbons (Fsp3) is 0.632. The van der Waals surface area contributed by atoms with Crippen molar-refractivity contribution in [3.8, 4) is 0 Å². The van der Waals surface area contributed by atoms with E-state index in [4.69, 9.17) is 4.74 Å². The molecule has 0 N–H and O–H groups in total. The van der Waals surface area contributed by atoms with Crippen molar-refractivity contribution in [2.45, 2.75) is 43.9 Å². The third-order valence-electron chi connectivity index (χ3n) is 6.48. The van der Waals surface area contributed by atoms with Gasteiger partial charge in [0.15, 0.2) is 0 Å². The molecule has 0 spiro atoms. The van der Waals surface area contributed by atoms with Gasteiger partial charge in [-0.2, -0.15) is 0 Å². The minimum absolute atomic E-state index is 0.0127. The van der Waals surface area contributed by atoms with Crippen molar-refractivity contribution in [1.82, 2.24) is 0 Å². The van der Waals surface area contributed by atoms with Crippen LogP contribution in [0.4, 0.5) is 0 Å². The van der Waals surface area contributed by atoms with Gasteiger partial charge in [-0.25, -0.2) is 0 Å². The second-order valence-electron chi connectivity index (χ2n) is 7.56. The van der Waals surface area contributed by atoms with Crippen LogP contribution < -0.4 is 0 Å². The van der Waals surface area contributed by atoms with Gasteiger partial charge >= 0.3 is 5.97 Å². The molecule has 4 aliphatic rings. The molecule has 4 saturated carbocycles. The second-order valence-corrected chi connectivity index (χ2v) is 7.56. The Balaban J connectivity index is 1.62. The maximum Gasteiger partial charge on any atom is 0.305 e. The van der Waals surface area contributed by atoms with E-state index in [0.29, 0.717) is 17.8 Å². The van der Waals surface area contributed by atoms with E-state index in [2.05, 4.69) is 30.3 Å². The molecule has 1 aromatic carbocycles. The minimum Gasteiger partial charge on any atom is -0.469 e. The molecule has 0 radical (unpaired) electrons. The summed E-state index contributed by atoms with van der Waals surface area (Å²) in [4.78, 5) is 11.7. The largest absolute Gasteiger partial charge is 0.469 e. The summed E-state index contributed by atoms with van der Waals surface area (Å²) >= 11 is 0. The number of benzene rings is 1. The summed E-state index contributed by atoms with van der Waals surface area (Å²) in [6.45, 7) is 0. The number of hydrogen-bond donors (Lipinski definition) is 0. The Morgan fingerprint density at radius 2 is 1.81 bits per heavy atom. The lowest BCUT2D eigenvalue weighted by Crippen LogP contribution is -2.53. The van der Waals surface area contributed by atoms with Gasteiger partial charge in [0, 0.05) is 6.42 Å². The van der Waals surface area contributed by atoms with Crippen LogP contribution in [0, 0.1) is 23.7 Å². The van der Waals surface area contributed by atoms with Crippen molar-refractivity contribution in [1.29, 1.82) is 0 Å². The van der Waals surface area contributed by atoms with Gasteiger partial charge in [0.05, 0.1) is 7.11 Å². The molecule has 2 heteroatoms. The van der Waals surface area contributed by atoms with E-state index in [1.165, 1.54) is 39.2 Å². The molecule has 0 saturated heterocycles. The predicted molar refractivity (Wildman–Crippen MR) is 81.8 cm³/mol. The van der Waals surface area contributed by atoms with E-state index in [-0.39, 0.29) is 5.97 Å². The molecule has 4 aliphatic carbocycles. The van der Waals surface area contributed by atoms with E-state index in [9.17, 15) is 4.79 Å². The molecular weight excluding hydrogens is 260 g/mol. The first-order chi connectivity index (χ1) is 10.2. The molecule has 4 bridgehead atoms. The summed E-state index contributed by atoms with van der Waals surface area (Å²) in [5, 5.41) is 0. The predicted octanol–water partition coefficient (Wildman–Crippen LogP) is 3.94. The molecule has 2 atom stereocenters. The molecule has 21 heavy (non-hydrogen) atoms. The maximum atomic E-state index is 11.7. The zero-order valence-electron chi connectivity index (χ0n) is 12.8. The molecule has 0 aliphatic heterocycles. The first-order valence-electron chi connectivity index (χ1n) is 8.32. The van der Waals surface area contributed by atoms with Crippen LogP contribution >= 0.6 is 0 Å². The van der Waals surface area contributed by atoms with Crippen LogP contribution in [0.25, 0.3) is 0 Å². The number of carbonyl (C=O) groups is 1. The fourth-order valence-corrected chi connectivity index (χ4v) is 5.88. The molecule has 0 amide bonds. The third-order valence-corrected chi connectivity index (χ3v) is 6.48. The quantitative estimate of drug-likeness (QED) is 0.786. The Labute approximate surface area is 126 Å². The average molecular weight is 284 g/mol. The highest BCUT2D eigenvalue weighted by Crippen LogP contribution is 2.63. The monoisotopic (exact) mass is 284 g/mol. The van der Waals surface area contributed by atoms with E-state index in [1.807, 2.05) is 0 Å². The molecule has 112 valence electrons. The van der Waals surface area contributed by atoms with Gasteiger partial charge in [-0.05, 0) is 66.8 Å². The molecule has 0 heterocycles. The Bertz CT molecular complexity index is 520. The van der Waals surface area contributed by atoms with Crippen LogP contribution in [0.3, 0.4) is 0 Å². The molecule has 5 rings (SSSR count). The van der Waals surface area contributed by atoms with Gasteiger partial charge < -0.3 is 4.74 Å². The zero-order valence-corrected chi connectivity index (χ0v) is 12.8. The van der Waals surface area contributed by atoms with Crippen molar-refractivity contribution < 1.29 is 9.53 Å². The van der Waals surface area contributed by atoms with Gasteiger partial charge in [-0.1, -0.05) is 30.3 Å². The Kier molecular flexibility index (Phi) is 3.09. The standard InChI is InChI=1S/C19H24O2/c1-21-18(20)9-17-14-7-13-8-15(17)12-19(10-13,11-14)16-5-3-2-4-6-16/h2-6,13-15,17H,7-12H2,1H3. The number of carbonyl (C=O) groups excluding carboxylic acids is 1. The van der Waals surface area contributed by atoms with Crippen LogP contribution in [-0.4, -0.2) is 13.1 Å². The lowest BCUT2D eigenvalue weighted by atomic mass is 9.44. The highest BCUT2D eigenvalue weighted by molar-refractivity contribution is 5.69. The number of ether oxygens (including phenoxy) is 1. The van der Waals surface area contributed by atoms with Crippen LogP contribution in [-0.2, 0) is 14.9 Å². The zero-order chi connectivity index (χ0) is 14.4. The summed E-state index contributed by atoms with van der Waals surface area (Å²) in [7, 11) is 1.52. The van der Waals surface area contributed by atoms with Crippen LogP contribution in [0.1, 0.15) is 44.1 Å². The van der Waals surface area contributed by atoms with Crippen LogP contribution in [0.2, 0.25) is 0 Å². The summed E-state index contributed by atoms with van der Waals surface area (Å²) in [5.41, 5.74) is 1.95. The van der Waals surface area contributed by atoms with E-state index < -0.39 is 0 Å². The topological polar surface area (TPSA) is 26.3 Å². The first kappa shape index (κ1) is 13.4. The normalized spacial score (nSPS) is 40.2. The van der Waals surface area contributed by atoms with Crippen molar-refractivity contribution >= 4 is 5.97 Å². The Morgan fingerprint density at radius 3 is 2.43 bits per heavy atom. The van der Waals surface area contributed by atoms with Gasteiger partial charge in [0.25, 0.3) is 0 Å². The van der Waals surface area contributed by atoms with Gasteiger partial charge in [0.1, 0.15) is 0 Å². The first-order valence-corrected chi connectivity index (χ1v) is 8.32. The number of methoxy groups -OCH3 is 1. The third kappa shape index (κ3) is 2.11. The summed E-state index contributed by atoms with van der Waals surface area (Å²) in [6, 6.07) is 11.1. The van der Waals surface area contributed by atoms with E-state index in [0.717, 1.165) is 17.8 Å². The summed E-state index contributed by atoms with van der Waals surface area (Å²) < 4.78 is 4.93. The lowest BCUT2D eigenvalue weighted by molar-refractivity contribution is -0.146.